The molecule has 2 amide bonds. The Labute approximate surface area is 103 Å². The molecule has 0 bridgehead atoms. The van der Waals surface area contributed by atoms with Crippen LogP contribution in [0.15, 0.2) is 0 Å². The summed E-state index contributed by atoms with van der Waals surface area (Å²) in [5, 5.41) is 14.0. The minimum atomic E-state index is -0.836. The van der Waals surface area contributed by atoms with Crippen LogP contribution in [0.4, 0.5) is 4.79 Å². The van der Waals surface area contributed by atoms with Crippen molar-refractivity contribution in [1.82, 2.24) is 10.6 Å². The summed E-state index contributed by atoms with van der Waals surface area (Å²) >= 11 is 0. The highest BCUT2D eigenvalue weighted by molar-refractivity contribution is 5.74. The van der Waals surface area contributed by atoms with Crippen molar-refractivity contribution < 1.29 is 14.7 Å². The Bertz CT molecular complexity index is 240. The number of amides is 2. The fraction of sp³-hybridized carbons (Fsp3) is 0.833. The number of hydrogen-bond acceptors (Lipinski definition) is 2. The minimum absolute atomic E-state index is 0.0857. The van der Waals surface area contributed by atoms with E-state index in [9.17, 15) is 9.59 Å². The number of hydrogen-bond donors (Lipinski definition) is 3. The molecule has 3 N–H and O–H groups in total. The third-order valence-corrected chi connectivity index (χ3v) is 2.97. The van der Waals surface area contributed by atoms with E-state index in [1.807, 2.05) is 6.92 Å². The van der Waals surface area contributed by atoms with Gasteiger partial charge in [0.25, 0.3) is 0 Å². The fourth-order valence-electron chi connectivity index (χ4n) is 1.81. The number of rotatable bonds is 8. The molecule has 0 aromatic heterocycles. The summed E-state index contributed by atoms with van der Waals surface area (Å²) in [6, 6.07) is -0.0701. The fourth-order valence-corrected chi connectivity index (χ4v) is 1.81. The molecule has 0 aliphatic rings. The van der Waals surface area contributed by atoms with Crippen LogP contribution < -0.4 is 10.6 Å². The lowest BCUT2D eigenvalue weighted by molar-refractivity contribution is -0.137. The van der Waals surface area contributed by atoms with Crippen molar-refractivity contribution in [2.45, 2.75) is 52.5 Å². The van der Waals surface area contributed by atoms with Crippen LogP contribution in [-0.2, 0) is 4.79 Å². The lowest BCUT2D eigenvalue weighted by atomic mass is 9.96. The average Bonchev–Trinajstić information content (AvgIpc) is 2.25. The Kier molecular flexibility index (Phi) is 8.19. The molecule has 5 heteroatoms. The molecule has 0 rings (SSSR count). The van der Waals surface area contributed by atoms with Crippen molar-refractivity contribution in [3.05, 3.63) is 0 Å². The van der Waals surface area contributed by atoms with Crippen LogP contribution in [0.3, 0.4) is 0 Å². The summed E-state index contributed by atoms with van der Waals surface area (Å²) in [5.41, 5.74) is 0. The number of urea groups is 1. The van der Waals surface area contributed by atoms with Gasteiger partial charge in [0.2, 0.25) is 0 Å². The Morgan fingerprint density at radius 3 is 2.29 bits per heavy atom. The zero-order chi connectivity index (χ0) is 13.3. The molecule has 0 aromatic rings. The second kappa shape index (κ2) is 8.84. The van der Waals surface area contributed by atoms with E-state index in [4.69, 9.17) is 5.11 Å². The monoisotopic (exact) mass is 244 g/mol. The molecule has 0 aromatic carbocycles. The smallest absolute Gasteiger partial charge is 0.315 e. The van der Waals surface area contributed by atoms with Crippen molar-refractivity contribution in [3.63, 3.8) is 0 Å². The van der Waals surface area contributed by atoms with Gasteiger partial charge < -0.3 is 15.7 Å². The van der Waals surface area contributed by atoms with Crippen LogP contribution in [0, 0.1) is 5.92 Å². The van der Waals surface area contributed by atoms with E-state index in [0.29, 0.717) is 18.9 Å². The molecule has 0 saturated carbocycles. The zero-order valence-electron chi connectivity index (χ0n) is 11.0. The first-order valence-electron chi connectivity index (χ1n) is 6.27. The van der Waals surface area contributed by atoms with Gasteiger partial charge in [-0.2, -0.15) is 0 Å². The number of carbonyl (C=O) groups is 2. The van der Waals surface area contributed by atoms with Gasteiger partial charge in [-0.1, -0.05) is 26.7 Å². The maximum atomic E-state index is 11.5. The minimum Gasteiger partial charge on any atom is -0.481 e. The van der Waals surface area contributed by atoms with E-state index in [-0.39, 0.29) is 18.5 Å². The highest BCUT2D eigenvalue weighted by atomic mass is 16.4. The number of carboxylic acid groups (broad SMARTS) is 1. The number of carbonyl (C=O) groups excluding carboxylic acids is 1. The zero-order valence-corrected chi connectivity index (χ0v) is 11.0. The molecular weight excluding hydrogens is 220 g/mol. The van der Waals surface area contributed by atoms with Crippen LogP contribution in [-0.4, -0.2) is 29.7 Å². The Morgan fingerprint density at radius 1 is 1.24 bits per heavy atom. The summed E-state index contributed by atoms with van der Waals surface area (Å²) in [7, 11) is 0. The number of nitrogens with one attached hydrogen (secondary N) is 2. The van der Waals surface area contributed by atoms with Crippen LogP contribution in [0.5, 0.6) is 0 Å². The van der Waals surface area contributed by atoms with Crippen molar-refractivity contribution in [2.75, 3.05) is 6.54 Å². The number of carboxylic acids is 1. The van der Waals surface area contributed by atoms with Crippen molar-refractivity contribution in [1.29, 1.82) is 0 Å². The predicted molar refractivity (Wildman–Crippen MR) is 66.9 cm³/mol. The largest absolute Gasteiger partial charge is 0.481 e. The molecule has 0 aliphatic heterocycles. The van der Waals surface area contributed by atoms with E-state index in [2.05, 4.69) is 24.5 Å². The molecule has 100 valence electrons. The molecular formula is C12H24N2O3. The topological polar surface area (TPSA) is 78.4 Å². The van der Waals surface area contributed by atoms with Crippen molar-refractivity contribution >= 4 is 12.0 Å². The molecule has 0 heterocycles. The molecule has 0 aliphatic carbocycles. The van der Waals surface area contributed by atoms with Gasteiger partial charge in [-0.25, -0.2) is 4.79 Å². The van der Waals surface area contributed by atoms with Gasteiger partial charge in [-0.15, -0.1) is 0 Å². The normalized spacial score (nSPS) is 12.2. The Balaban J connectivity index is 3.74. The lowest BCUT2D eigenvalue weighted by Gasteiger charge is -2.22. The first-order valence-corrected chi connectivity index (χ1v) is 6.27. The first-order chi connectivity index (χ1) is 8.01. The average molecular weight is 244 g/mol. The maximum Gasteiger partial charge on any atom is 0.315 e. The molecule has 0 radical (unpaired) electrons. The van der Waals surface area contributed by atoms with Crippen molar-refractivity contribution in [2.24, 2.45) is 5.92 Å². The second-order valence-corrected chi connectivity index (χ2v) is 4.26. The third-order valence-electron chi connectivity index (χ3n) is 2.97. The summed E-state index contributed by atoms with van der Waals surface area (Å²) in [4.78, 5) is 21.7. The van der Waals surface area contributed by atoms with Crippen molar-refractivity contribution in [3.8, 4) is 0 Å². The van der Waals surface area contributed by atoms with E-state index in [0.717, 1.165) is 12.8 Å². The quantitative estimate of drug-likeness (QED) is 0.571. The molecule has 17 heavy (non-hydrogen) atoms. The molecule has 0 fully saturated rings. The van der Waals surface area contributed by atoms with Crippen LogP contribution >= 0.6 is 0 Å². The summed E-state index contributed by atoms with van der Waals surface area (Å²) < 4.78 is 0. The number of aliphatic carboxylic acids is 1. The van der Waals surface area contributed by atoms with Gasteiger partial charge in [-0.05, 0) is 19.3 Å². The van der Waals surface area contributed by atoms with E-state index < -0.39 is 5.97 Å². The van der Waals surface area contributed by atoms with Crippen LogP contribution in [0.2, 0.25) is 0 Å². The van der Waals surface area contributed by atoms with E-state index in [1.165, 1.54) is 0 Å². The van der Waals surface area contributed by atoms with Crippen LogP contribution in [0.1, 0.15) is 46.5 Å². The van der Waals surface area contributed by atoms with E-state index in [1.54, 1.807) is 0 Å². The highest BCUT2D eigenvalue weighted by Gasteiger charge is 2.15. The van der Waals surface area contributed by atoms with Gasteiger partial charge >= 0.3 is 12.0 Å². The van der Waals surface area contributed by atoms with E-state index >= 15 is 0 Å². The standard InChI is InChI=1S/C12H24N2O3/c1-4-10(5-2)9(3)14-12(17)13-8-6-7-11(15)16/h9-10H,4-8H2,1-3H3,(H,15,16)(H2,13,14,17). The third kappa shape index (κ3) is 7.60. The van der Waals surface area contributed by atoms with Gasteiger partial charge in [0, 0.05) is 19.0 Å². The van der Waals surface area contributed by atoms with Gasteiger partial charge in [0.05, 0.1) is 0 Å². The lowest BCUT2D eigenvalue weighted by Crippen LogP contribution is -2.44. The predicted octanol–water partition coefficient (Wildman–Crippen LogP) is 1.98. The summed E-state index contributed by atoms with van der Waals surface area (Å²) in [6.45, 7) is 6.61. The summed E-state index contributed by atoms with van der Waals surface area (Å²) in [5.74, 6) is -0.350. The van der Waals surface area contributed by atoms with Gasteiger partial charge in [0.1, 0.15) is 0 Å². The maximum absolute atomic E-state index is 11.5. The SMILES string of the molecule is CCC(CC)C(C)NC(=O)NCCCC(=O)O. The molecule has 0 spiro atoms. The summed E-state index contributed by atoms with van der Waals surface area (Å²) in [6.07, 6.45) is 2.62. The highest BCUT2D eigenvalue weighted by Crippen LogP contribution is 2.12. The van der Waals surface area contributed by atoms with Crippen LogP contribution in [0.25, 0.3) is 0 Å². The van der Waals surface area contributed by atoms with Gasteiger partial charge in [-0.3, -0.25) is 4.79 Å². The molecule has 1 atom stereocenters. The molecule has 0 saturated heterocycles. The Hall–Kier alpha value is -1.26. The Morgan fingerprint density at radius 2 is 1.82 bits per heavy atom. The first kappa shape index (κ1) is 15.7. The second-order valence-electron chi connectivity index (χ2n) is 4.26. The molecule has 5 nitrogen and oxygen atoms in total. The van der Waals surface area contributed by atoms with Gasteiger partial charge in [0.15, 0.2) is 0 Å². The molecule has 1 unspecified atom stereocenters.